The van der Waals surface area contributed by atoms with Crippen LogP contribution in [-0.2, 0) is 4.79 Å². The Morgan fingerprint density at radius 2 is 1.80 bits per heavy atom. The molecule has 2 fully saturated rings. The Morgan fingerprint density at radius 1 is 1.20 bits per heavy atom. The predicted octanol–water partition coefficient (Wildman–Crippen LogP) is 0.0787. The molecule has 1 amide bonds. The number of piperazine rings is 1. The van der Waals surface area contributed by atoms with Crippen molar-refractivity contribution in [1.29, 1.82) is 0 Å². The van der Waals surface area contributed by atoms with E-state index in [1.165, 1.54) is 0 Å². The van der Waals surface area contributed by atoms with Gasteiger partial charge in [0.1, 0.15) is 0 Å². The van der Waals surface area contributed by atoms with Crippen LogP contribution in [0.4, 0.5) is 0 Å². The maximum absolute atomic E-state index is 12.9. The number of hydrogen-bond acceptors (Lipinski definition) is 4. The molecule has 0 aromatic carbocycles. The first-order chi connectivity index (χ1) is 9.34. The van der Waals surface area contributed by atoms with E-state index in [0.29, 0.717) is 12.0 Å². The molecule has 0 spiro atoms. The van der Waals surface area contributed by atoms with Crippen LogP contribution >= 0.6 is 0 Å². The molecule has 2 aliphatic rings. The Labute approximate surface area is 123 Å². The van der Waals surface area contributed by atoms with E-state index in [-0.39, 0.29) is 11.4 Å². The second kappa shape index (κ2) is 6.00. The topological polar surface area (TPSA) is 38.8 Å². The largest absolute Gasteiger partial charge is 0.339 e. The van der Waals surface area contributed by atoms with E-state index in [2.05, 4.69) is 54.9 Å². The van der Waals surface area contributed by atoms with Crippen molar-refractivity contribution < 1.29 is 4.79 Å². The van der Waals surface area contributed by atoms with Crippen molar-refractivity contribution in [2.45, 2.75) is 32.4 Å². The van der Waals surface area contributed by atoms with Crippen molar-refractivity contribution in [3.8, 4) is 0 Å². The van der Waals surface area contributed by atoms with Crippen LogP contribution in [0, 0.1) is 5.92 Å². The van der Waals surface area contributed by atoms with Crippen LogP contribution in [0.2, 0.25) is 0 Å². The van der Waals surface area contributed by atoms with Crippen LogP contribution in [-0.4, -0.2) is 85.6 Å². The number of nitrogens with one attached hydrogen (secondary N) is 1. The lowest BCUT2D eigenvalue weighted by Gasteiger charge is -2.41. The zero-order valence-corrected chi connectivity index (χ0v) is 13.6. The summed E-state index contributed by atoms with van der Waals surface area (Å²) in [5.74, 6) is 0.836. The smallest absolute Gasteiger partial charge is 0.242 e. The van der Waals surface area contributed by atoms with E-state index in [1.807, 2.05) is 0 Å². The van der Waals surface area contributed by atoms with Gasteiger partial charge in [-0.3, -0.25) is 9.69 Å². The normalized spacial score (nSPS) is 29.2. The van der Waals surface area contributed by atoms with E-state index >= 15 is 0 Å². The lowest BCUT2D eigenvalue weighted by Crippen LogP contribution is -2.60. The molecular formula is C15H30N4O. The van der Waals surface area contributed by atoms with Crippen molar-refractivity contribution >= 4 is 5.91 Å². The summed E-state index contributed by atoms with van der Waals surface area (Å²) in [4.78, 5) is 19.6. The number of likely N-dealkylation sites (N-methyl/N-ethyl adjacent to an activating group) is 1. The Morgan fingerprint density at radius 3 is 2.30 bits per heavy atom. The van der Waals surface area contributed by atoms with Gasteiger partial charge in [0.2, 0.25) is 5.91 Å². The van der Waals surface area contributed by atoms with Crippen molar-refractivity contribution in [2.75, 3.05) is 53.4 Å². The number of hydrogen-bond donors (Lipinski definition) is 1. The van der Waals surface area contributed by atoms with E-state index in [9.17, 15) is 4.79 Å². The summed E-state index contributed by atoms with van der Waals surface area (Å²) in [5, 5.41) is 3.35. The molecule has 5 nitrogen and oxygen atoms in total. The Bertz CT molecular complexity index is 350. The molecule has 116 valence electrons. The van der Waals surface area contributed by atoms with Crippen LogP contribution in [0.15, 0.2) is 0 Å². The first kappa shape index (κ1) is 15.7. The Hall–Kier alpha value is -0.650. The zero-order valence-electron chi connectivity index (χ0n) is 13.6. The molecule has 0 aromatic heterocycles. The van der Waals surface area contributed by atoms with Gasteiger partial charge in [-0.1, -0.05) is 6.92 Å². The molecule has 2 saturated heterocycles. The number of carbonyl (C=O) groups is 1. The first-order valence-corrected chi connectivity index (χ1v) is 7.75. The molecule has 0 radical (unpaired) electrons. The second-order valence-electron chi connectivity index (χ2n) is 7.01. The molecule has 0 aliphatic carbocycles. The minimum absolute atomic E-state index is 0.288. The highest BCUT2D eigenvalue weighted by atomic mass is 16.2. The van der Waals surface area contributed by atoms with Crippen LogP contribution in [0.5, 0.6) is 0 Å². The standard InChI is InChI=1S/C15H30N4O/c1-12-10-18(11-13(12)17(4)5)14(20)15(2,3)19-8-6-16-7-9-19/h12-13,16H,6-11H2,1-5H3. The van der Waals surface area contributed by atoms with E-state index in [1.54, 1.807) is 0 Å². The quantitative estimate of drug-likeness (QED) is 0.796. The van der Waals surface area contributed by atoms with Crippen molar-refractivity contribution in [3.63, 3.8) is 0 Å². The van der Waals surface area contributed by atoms with Crippen molar-refractivity contribution in [2.24, 2.45) is 5.92 Å². The minimum Gasteiger partial charge on any atom is -0.339 e. The molecule has 0 saturated carbocycles. The highest BCUT2D eigenvalue weighted by Gasteiger charge is 2.42. The Balaban J connectivity index is 2.03. The summed E-state index contributed by atoms with van der Waals surface area (Å²) >= 11 is 0. The van der Waals surface area contributed by atoms with Crippen LogP contribution in [0.1, 0.15) is 20.8 Å². The fraction of sp³-hybridized carbons (Fsp3) is 0.933. The number of amides is 1. The van der Waals surface area contributed by atoms with Gasteiger partial charge in [-0.05, 0) is 33.9 Å². The van der Waals surface area contributed by atoms with E-state index < -0.39 is 0 Å². The van der Waals surface area contributed by atoms with Crippen LogP contribution in [0.3, 0.4) is 0 Å². The van der Waals surface area contributed by atoms with Gasteiger partial charge in [0.15, 0.2) is 0 Å². The number of carbonyl (C=O) groups excluding carboxylic acids is 1. The highest BCUT2D eigenvalue weighted by Crippen LogP contribution is 2.25. The average Bonchev–Trinajstić information content (AvgIpc) is 2.81. The molecule has 2 rings (SSSR count). The fourth-order valence-electron chi connectivity index (χ4n) is 3.53. The third-order valence-corrected chi connectivity index (χ3v) is 4.95. The predicted molar refractivity (Wildman–Crippen MR) is 81.7 cm³/mol. The summed E-state index contributed by atoms with van der Waals surface area (Å²) in [6.07, 6.45) is 0. The molecule has 20 heavy (non-hydrogen) atoms. The van der Waals surface area contributed by atoms with Crippen LogP contribution < -0.4 is 5.32 Å². The SMILES string of the molecule is CC1CN(C(=O)C(C)(C)N2CCNCC2)CC1N(C)C. The van der Waals surface area contributed by atoms with Gasteiger partial charge in [-0.25, -0.2) is 0 Å². The van der Waals surface area contributed by atoms with E-state index in [4.69, 9.17) is 0 Å². The van der Waals surface area contributed by atoms with Crippen molar-refractivity contribution in [3.05, 3.63) is 0 Å². The summed E-state index contributed by atoms with van der Waals surface area (Å²) in [6, 6.07) is 0.484. The Kier molecular flexibility index (Phi) is 4.72. The number of likely N-dealkylation sites (tertiary alicyclic amines) is 1. The molecule has 2 atom stereocenters. The third kappa shape index (κ3) is 3.00. The number of nitrogens with zero attached hydrogens (tertiary/aromatic N) is 3. The lowest BCUT2D eigenvalue weighted by atomic mass is 9.99. The van der Waals surface area contributed by atoms with Gasteiger partial charge in [0.05, 0.1) is 5.54 Å². The minimum atomic E-state index is -0.386. The highest BCUT2D eigenvalue weighted by molar-refractivity contribution is 5.85. The molecule has 2 aliphatic heterocycles. The summed E-state index contributed by atoms with van der Waals surface area (Å²) in [5.41, 5.74) is -0.386. The fourth-order valence-corrected chi connectivity index (χ4v) is 3.53. The maximum atomic E-state index is 12.9. The third-order valence-electron chi connectivity index (χ3n) is 4.95. The van der Waals surface area contributed by atoms with Gasteiger partial charge in [0, 0.05) is 45.3 Å². The number of rotatable bonds is 3. The summed E-state index contributed by atoms with van der Waals surface area (Å²) in [6.45, 7) is 12.0. The second-order valence-corrected chi connectivity index (χ2v) is 7.01. The molecule has 5 heteroatoms. The lowest BCUT2D eigenvalue weighted by molar-refractivity contribution is -0.142. The molecule has 2 unspecified atom stereocenters. The van der Waals surface area contributed by atoms with Gasteiger partial charge in [0.25, 0.3) is 0 Å². The van der Waals surface area contributed by atoms with Gasteiger partial charge in [-0.2, -0.15) is 0 Å². The zero-order chi connectivity index (χ0) is 14.9. The maximum Gasteiger partial charge on any atom is 0.242 e. The first-order valence-electron chi connectivity index (χ1n) is 7.75. The van der Waals surface area contributed by atoms with Gasteiger partial charge >= 0.3 is 0 Å². The molecule has 2 heterocycles. The molecule has 1 N–H and O–H groups in total. The van der Waals surface area contributed by atoms with Crippen LogP contribution in [0.25, 0.3) is 0 Å². The van der Waals surface area contributed by atoms with Crippen molar-refractivity contribution in [1.82, 2.24) is 20.0 Å². The summed E-state index contributed by atoms with van der Waals surface area (Å²) < 4.78 is 0. The van der Waals surface area contributed by atoms with E-state index in [0.717, 1.165) is 39.3 Å². The molecule has 0 aromatic rings. The van der Waals surface area contributed by atoms with Gasteiger partial charge in [-0.15, -0.1) is 0 Å². The molecule has 0 bridgehead atoms. The van der Waals surface area contributed by atoms with Gasteiger partial charge < -0.3 is 15.1 Å². The molecular weight excluding hydrogens is 252 g/mol. The summed E-state index contributed by atoms with van der Waals surface area (Å²) in [7, 11) is 4.22. The average molecular weight is 282 g/mol. The monoisotopic (exact) mass is 282 g/mol.